The summed E-state index contributed by atoms with van der Waals surface area (Å²) in [6.07, 6.45) is 4.12. The van der Waals surface area contributed by atoms with Crippen LogP contribution in [0.5, 0.6) is 0 Å². The van der Waals surface area contributed by atoms with Gasteiger partial charge in [0.25, 0.3) is 0 Å². The van der Waals surface area contributed by atoms with Gasteiger partial charge in [-0.15, -0.1) is 0 Å². The Hall–Kier alpha value is -1.04. The van der Waals surface area contributed by atoms with Gasteiger partial charge in [0.2, 0.25) is 0 Å². The summed E-state index contributed by atoms with van der Waals surface area (Å²) < 4.78 is 0. The number of rotatable bonds is 1. The van der Waals surface area contributed by atoms with Gasteiger partial charge in [-0.05, 0) is 12.5 Å². The number of hydrogen-bond acceptors (Lipinski definition) is 0. The smallest absolute Gasteiger partial charge is 0.0260 e. The third-order valence-corrected chi connectivity index (χ3v) is 1.16. The van der Waals surface area contributed by atoms with Crippen LogP contribution in [-0.4, -0.2) is 0 Å². The Balaban J connectivity index is 0.000000461. The summed E-state index contributed by atoms with van der Waals surface area (Å²) in [5.41, 5.74) is 1.26. The molecule has 0 nitrogen and oxygen atoms in total. The molecule has 0 saturated heterocycles. The average Bonchev–Trinajstić information content (AvgIpc) is 2.11. The molecule has 0 spiro atoms. The van der Waals surface area contributed by atoms with E-state index in [9.17, 15) is 0 Å². The molecular formula is C11H16. The first kappa shape index (κ1) is 9.96. The van der Waals surface area contributed by atoms with E-state index in [2.05, 4.69) is 18.2 Å². The highest BCUT2D eigenvalue weighted by atomic mass is 13.8. The van der Waals surface area contributed by atoms with Gasteiger partial charge in [0.05, 0.1) is 0 Å². The Morgan fingerprint density at radius 3 is 2.00 bits per heavy atom. The van der Waals surface area contributed by atoms with Crippen molar-refractivity contribution < 1.29 is 0 Å². The van der Waals surface area contributed by atoms with Gasteiger partial charge in [0, 0.05) is 0 Å². The van der Waals surface area contributed by atoms with E-state index in [-0.39, 0.29) is 0 Å². The summed E-state index contributed by atoms with van der Waals surface area (Å²) in [7, 11) is 0. The number of allylic oxidation sites excluding steroid dienone is 1. The molecule has 0 saturated carbocycles. The van der Waals surface area contributed by atoms with E-state index >= 15 is 0 Å². The van der Waals surface area contributed by atoms with Gasteiger partial charge < -0.3 is 0 Å². The maximum absolute atomic E-state index is 2.08. The Bertz CT molecular complexity index is 184. The van der Waals surface area contributed by atoms with Crippen molar-refractivity contribution in [3.63, 3.8) is 0 Å². The van der Waals surface area contributed by atoms with E-state index in [4.69, 9.17) is 0 Å². The summed E-state index contributed by atoms with van der Waals surface area (Å²) in [5, 5.41) is 0. The van der Waals surface area contributed by atoms with Crippen LogP contribution in [0.2, 0.25) is 0 Å². The molecule has 0 heterocycles. The third kappa shape index (κ3) is 4.38. The molecule has 0 aliphatic heterocycles. The largest absolute Gasteiger partial charge is 0.0871 e. The van der Waals surface area contributed by atoms with Crippen molar-refractivity contribution in [2.45, 2.75) is 20.8 Å². The first-order chi connectivity index (χ1) is 5.43. The fourth-order valence-corrected chi connectivity index (χ4v) is 0.757. The highest BCUT2D eigenvalue weighted by molar-refractivity contribution is 5.47. The third-order valence-electron chi connectivity index (χ3n) is 1.16. The predicted octanol–water partition coefficient (Wildman–Crippen LogP) is 3.75. The number of hydrogen-bond donors (Lipinski definition) is 0. The molecule has 0 aromatic heterocycles. The predicted molar refractivity (Wildman–Crippen MR) is 52.5 cm³/mol. The van der Waals surface area contributed by atoms with Crippen LogP contribution < -0.4 is 0 Å². The van der Waals surface area contributed by atoms with Crippen molar-refractivity contribution >= 4 is 6.08 Å². The van der Waals surface area contributed by atoms with Crippen LogP contribution in [-0.2, 0) is 0 Å². The average molecular weight is 148 g/mol. The zero-order valence-electron chi connectivity index (χ0n) is 7.54. The first-order valence-corrected chi connectivity index (χ1v) is 4.11. The summed E-state index contributed by atoms with van der Waals surface area (Å²) >= 11 is 0. The standard InChI is InChI=1S/C9H10.C2H6/c1-2-6-9-7-4-3-5-8-9;1-2/h2-8H,1H3;1-2H3/b6-2+;. The van der Waals surface area contributed by atoms with Crippen LogP contribution in [0.4, 0.5) is 0 Å². The monoisotopic (exact) mass is 148 g/mol. The van der Waals surface area contributed by atoms with Crippen molar-refractivity contribution in [2.24, 2.45) is 0 Å². The Kier molecular flexibility index (Phi) is 6.40. The fourth-order valence-electron chi connectivity index (χ4n) is 0.757. The van der Waals surface area contributed by atoms with Crippen molar-refractivity contribution in [1.29, 1.82) is 0 Å². The van der Waals surface area contributed by atoms with Gasteiger partial charge in [-0.3, -0.25) is 0 Å². The van der Waals surface area contributed by atoms with Crippen LogP contribution in [0.15, 0.2) is 36.4 Å². The Labute approximate surface area is 69.6 Å². The zero-order valence-corrected chi connectivity index (χ0v) is 7.54. The second-order valence-electron chi connectivity index (χ2n) is 1.91. The molecule has 0 aliphatic carbocycles. The van der Waals surface area contributed by atoms with Gasteiger partial charge in [-0.1, -0.05) is 56.3 Å². The highest BCUT2D eigenvalue weighted by Crippen LogP contribution is 1.99. The lowest BCUT2D eigenvalue weighted by atomic mass is 10.2. The molecule has 0 N–H and O–H groups in total. The molecule has 0 aliphatic rings. The summed E-state index contributed by atoms with van der Waals surface area (Å²) in [4.78, 5) is 0. The minimum absolute atomic E-state index is 1.26. The molecular weight excluding hydrogens is 132 g/mol. The minimum Gasteiger partial charge on any atom is -0.0871 e. The van der Waals surface area contributed by atoms with Gasteiger partial charge in [0.1, 0.15) is 0 Å². The van der Waals surface area contributed by atoms with Crippen LogP contribution in [0.1, 0.15) is 26.3 Å². The molecule has 0 unspecified atom stereocenters. The summed E-state index contributed by atoms with van der Waals surface area (Å²) in [5.74, 6) is 0. The van der Waals surface area contributed by atoms with E-state index in [1.165, 1.54) is 5.56 Å². The van der Waals surface area contributed by atoms with Crippen molar-refractivity contribution in [2.75, 3.05) is 0 Å². The van der Waals surface area contributed by atoms with E-state index in [0.717, 1.165) is 0 Å². The van der Waals surface area contributed by atoms with Gasteiger partial charge in [-0.25, -0.2) is 0 Å². The van der Waals surface area contributed by atoms with Crippen LogP contribution >= 0.6 is 0 Å². The van der Waals surface area contributed by atoms with Gasteiger partial charge in [-0.2, -0.15) is 0 Å². The quantitative estimate of drug-likeness (QED) is 0.569. The highest BCUT2D eigenvalue weighted by Gasteiger charge is 1.77. The van der Waals surface area contributed by atoms with Crippen LogP contribution in [0.25, 0.3) is 6.08 Å². The fraction of sp³-hybridized carbons (Fsp3) is 0.273. The molecule has 0 bridgehead atoms. The first-order valence-electron chi connectivity index (χ1n) is 4.11. The molecule has 1 rings (SSSR count). The lowest BCUT2D eigenvalue weighted by Crippen LogP contribution is -1.65. The molecule has 1 aromatic carbocycles. The maximum atomic E-state index is 2.08. The lowest BCUT2D eigenvalue weighted by Gasteiger charge is -1.86. The van der Waals surface area contributed by atoms with Crippen LogP contribution in [0, 0.1) is 0 Å². The second kappa shape index (κ2) is 7.07. The molecule has 0 heteroatoms. The topological polar surface area (TPSA) is 0 Å². The minimum atomic E-state index is 1.26. The molecule has 11 heavy (non-hydrogen) atoms. The Morgan fingerprint density at radius 1 is 1.00 bits per heavy atom. The molecule has 0 atom stereocenters. The zero-order chi connectivity index (χ0) is 8.53. The maximum Gasteiger partial charge on any atom is -0.0260 e. The van der Waals surface area contributed by atoms with E-state index < -0.39 is 0 Å². The van der Waals surface area contributed by atoms with Gasteiger partial charge in [0.15, 0.2) is 0 Å². The van der Waals surface area contributed by atoms with Crippen molar-refractivity contribution in [3.8, 4) is 0 Å². The second-order valence-corrected chi connectivity index (χ2v) is 1.91. The van der Waals surface area contributed by atoms with Crippen molar-refractivity contribution in [1.82, 2.24) is 0 Å². The molecule has 1 aromatic rings. The van der Waals surface area contributed by atoms with Gasteiger partial charge >= 0.3 is 0 Å². The van der Waals surface area contributed by atoms with E-state index in [0.29, 0.717) is 0 Å². The SMILES string of the molecule is C/C=C/c1ccccc1.CC. The summed E-state index contributed by atoms with van der Waals surface area (Å²) in [6, 6.07) is 10.3. The molecule has 60 valence electrons. The van der Waals surface area contributed by atoms with E-state index in [1.807, 2.05) is 45.0 Å². The van der Waals surface area contributed by atoms with E-state index in [1.54, 1.807) is 0 Å². The molecule has 0 amide bonds. The van der Waals surface area contributed by atoms with Crippen LogP contribution in [0.3, 0.4) is 0 Å². The Morgan fingerprint density at radius 2 is 1.55 bits per heavy atom. The number of benzene rings is 1. The van der Waals surface area contributed by atoms with Crippen molar-refractivity contribution in [3.05, 3.63) is 42.0 Å². The normalized spacial score (nSPS) is 9.00. The molecule has 0 radical (unpaired) electrons. The lowest BCUT2D eigenvalue weighted by molar-refractivity contribution is 1.50. The summed E-state index contributed by atoms with van der Waals surface area (Å²) in [6.45, 7) is 6.02. The molecule has 0 fully saturated rings.